The molecule has 1 aliphatic rings. The Bertz CT molecular complexity index is 77.0. The SMILES string of the molecule is CC(C)N1[CH]CSCC1. The van der Waals surface area contributed by atoms with Gasteiger partial charge in [-0.2, -0.15) is 11.8 Å². The molecule has 0 unspecified atom stereocenters. The molecule has 0 aromatic carbocycles. The van der Waals surface area contributed by atoms with Gasteiger partial charge in [0.1, 0.15) is 0 Å². The maximum absolute atomic E-state index is 2.41. The zero-order valence-electron chi connectivity index (χ0n) is 6.13. The van der Waals surface area contributed by atoms with Gasteiger partial charge in [0, 0.05) is 30.6 Å². The molecule has 1 nitrogen and oxygen atoms in total. The van der Waals surface area contributed by atoms with E-state index >= 15 is 0 Å². The fraction of sp³-hybridized carbons (Fsp3) is 0.857. The van der Waals surface area contributed by atoms with Gasteiger partial charge < -0.3 is 0 Å². The van der Waals surface area contributed by atoms with E-state index in [1.54, 1.807) is 0 Å². The van der Waals surface area contributed by atoms with E-state index in [1.165, 1.54) is 18.1 Å². The van der Waals surface area contributed by atoms with Crippen molar-refractivity contribution in [1.82, 2.24) is 4.90 Å². The molecule has 1 fully saturated rings. The lowest BCUT2D eigenvalue weighted by molar-refractivity contribution is 0.291. The van der Waals surface area contributed by atoms with E-state index in [-0.39, 0.29) is 0 Å². The van der Waals surface area contributed by atoms with Crippen molar-refractivity contribution < 1.29 is 0 Å². The first-order valence-electron chi connectivity index (χ1n) is 3.47. The van der Waals surface area contributed by atoms with Crippen molar-refractivity contribution in [3.8, 4) is 0 Å². The average molecular weight is 144 g/mol. The Labute approximate surface area is 61.8 Å². The molecule has 0 atom stereocenters. The minimum atomic E-state index is 0.700. The van der Waals surface area contributed by atoms with Crippen LogP contribution in [0.25, 0.3) is 0 Å². The Morgan fingerprint density at radius 2 is 2.33 bits per heavy atom. The fourth-order valence-corrected chi connectivity index (χ4v) is 1.77. The van der Waals surface area contributed by atoms with Gasteiger partial charge in [0.05, 0.1) is 0 Å². The molecule has 0 saturated carbocycles. The van der Waals surface area contributed by atoms with Crippen LogP contribution in [0.4, 0.5) is 0 Å². The zero-order chi connectivity index (χ0) is 6.69. The Hall–Kier alpha value is 0.310. The summed E-state index contributed by atoms with van der Waals surface area (Å²) in [6.45, 7) is 8.03. The van der Waals surface area contributed by atoms with Crippen LogP contribution in [-0.2, 0) is 0 Å². The Morgan fingerprint density at radius 3 is 2.67 bits per heavy atom. The maximum atomic E-state index is 2.41. The Kier molecular flexibility index (Phi) is 2.86. The quantitative estimate of drug-likeness (QED) is 0.550. The summed E-state index contributed by atoms with van der Waals surface area (Å²) >= 11 is 2.02. The second-order valence-electron chi connectivity index (χ2n) is 2.59. The van der Waals surface area contributed by atoms with Crippen molar-refractivity contribution in [2.75, 3.05) is 18.1 Å². The first-order chi connectivity index (χ1) is 4.30. The van der Waals surface area contributed by atoms with E-state index in [2.05, 4.69) is 25.3 Å². The second-order valence-corrected chi connectivity index (χ2v) is 3.74. The average Bonchev–Trinajstić information content (AvgIpc) is 1.90. The number of hydrogen-bond donors (Lipinski definition) is 0. The first kappa shape index (κ1) is 7.42. The van der Waals surface area contributed by atoms with Gasteiger partial charge in [-0.25, -0.2) is 0 Å². The molecule has 1 heterocycles. The lowest BCUT2D eigenvalue weighted by Crippen LogP contribution is -2.34. The minimum Gasteiger partial charge on any atom is -0.295 e. The molecule has 1 aliphatic heterocycles. The summed E-state index contributed by atoms with van der Waals surface area (Å²) < 4.78 is 0. The van der Waals surface area contributed by atoms with Crippen LogP contribution >= 0.6 is 11.8 Å². The largest absolute Gasteiger partial charge is 0.295 e. The standard InChI is InChI=1S/C7H14NS/c1-7(2)8-3-5-9-6-4-8/h3,7H,4-6H2,1-2H3. The molecule has 1 saturated heterocycles. The van der Waals surface area contributed by atoms with Crippen LogP contribution in [0.3, 0.4) is 0 Å². The van der Waals surface area contributed by atoms with Gasteiger partial charge in [-0.1, -0.05) is 0 Å². The molecule has 2 heteroatoms. The third-order valence-corrected chi connectivity index (χ3v) is 2.44. The van der Waals surface area contributed by atoms with Crippen molar-refractivity contribution in [3.63, 3.8) is 0 Å². The van der Waals surface area contributed by atoms with Gasteiger partial charge >= 0.3 is 0 Å². The highest BCUT2D eigenvalue weighted by Crippen LogP contribution is 2.14. The number of hydrogen-bond acceptors (Lipinski definition) is 2. The number of rotatable bonds is 1. The van der Waals surface area contributed by atoms with Crippen LogP contribution in [0.1, 0.15) is 13.8 Å². The summed E-state index contributed by atoms with van der Waals surface area (Å²) in [6, 6.07) is 0.700. The summed E-state index contributed by atoms with van der Waals surface area (Å²) in [7, 11) is 0. The van der Waals surface area contributed by atoms with Gasteiger partial charge in [0.2, 0.25) is 0 Å². The van der Waals surface area contributed by atoms with Gasteiger partial charge in [0.25, 0.3) is 0 Å². The second kappa shape index (κ2) is 3.47. The molecule has 1 radical (unpaired) electrons. The van der Waals surface area contributed by atoms with Gasteiger partial charge in [-0.05, 0) is 13.8 Å². The summed E-state index contributed by atoms with van der Waals surface area (Å²) in [5.74, 6) is 2.51. The third kappa shape index (κ3) is 2.18. The first-order valence-corrected chi connectivity index (χ1v) is 4.63. The van der Waals surface area contributed by atoms with Crippen molar-refractivity contribution in [2.24, 2.45) is 0 Å². The molecule has 1 rings (SSSR count). The Morgan fingerprint density at radius 1 is 1.56 bits per heavy atom. The molecule has 9 heavy (non-hydrogen) atoms. The molecular weight excluding hydrogens is 130 g/mol. The van der Waals surface area contributed by atoms with Crippen LogP contribution in [0.15, 0.2) is 0 Å². The summed E-state index contributed by atoms with van der Waals surface area (Å²) in [5, 5.41) is 0. The molecule has 0 aliphatic carbocycles. The molecule has 0 bridgehead atoms. The normalized spacial score (nSPS) is 23.0. The lowest BCUT2D eigenvalue weighted by Gasteiger charge is -2.28. The van der Waals surface area contributed by atoms with Crippen LogP contribution in [-0.4, -0.2) is 29.0 Å². The topological polar surface area (TPSA) is 3.24 Å². The number of nitrogens with zero attached hydrogens (tertiary/aromatic N) is 1. The summed E-state index contributed by atoms with van der Waals surface area (Å²) in [6.07, 6.45) is 0. The maximum Gasteiger partial charge on any atom is 0.0353 e. The molecule has 0 N–H and O–H groups in total. The predicted molar refractivity (Wildman–Crippen MR) is 43.5 cm³/mol. The van der Waals surface area contributed by atoms with Gasteiger partial charge in [-0.15, -0.1) is 0 Å². The smallest absolute Gasteiger partial charge is 0.0353 e. The third-order valence-electron chi connectivity index (χ3n) is 1.58. The van der Waals surface area contributed by atoms with E-state index in [0.29, 0.717) is 6.04 Å². The van der Waals surface area contributed by atoms with E-state index < -0.39 is 0 Å². The molecule has 0 amide bonds. The van der Waals surface area contributed by atoms with Crippen LogP contribution in [0.5, 0.6) is 0 Å². The monoisotopic (exact) mass is 144 g/mol. The summed E-state index contributed by atoms with van der Waals surface area (Å²) in [4.78, 5) is 2.41. The van der Waals surface area contributed by atoms with Crippen molar-refractivity contribution >= 4 is 11.8 Å². The highest BCUT2D eigenvalue weighted by atomic mass is 32.2. The highest BCUT2D eigenvalue weighted by Gasteiger charge is 2.12. The molecule has 0 spiro atoms. The molecule has 0 aromatic rings. The predicted octanol–water partition coefficient (Wildman–Crippen LogP) is 1.61. The van der Waals surface area contributed by atoms with E-state index in [4.69, 9.17) is 0 Å². The molecule has 0 aromatic heterocycles. The van der Waals surface area contributed by atoms with E-state index in [9.17, 15) is 0 Å². The molecular formula is C7H14NS. The van der Waals surface area contributed by atoms with E-state index in [1.807, 2.05) is 11.8 Å². The number of thioether (sulfide) groups is 1. The lowest BCUT2D eigenvalue weighted by atomic mass is 10.3. The van der Waals surface area contributed by atoms with Crippen molar-refractivity contribution in [1.29, 1.82) is 0 Å². The highest BCUT2D eigenvalue weighted by molar-refractivity contribution is 7.99. The molecule has 53 valence electrons. The van der Waals surface area contributed by atoms with Crippen LogP contribution < -0.4 is 0 Å². The Balaban J connectivity index is 2.23. The van der Waals surface area contributed by atoms with E-state index in [0.717, 1.165) is 0 Å². The van der Waals surface area contributed by atoms with Crippen molar-refractivity contribution in [3.05, 3.63) is 6.54 Å². The van der Waals surface area contributed by atoms with Crippen LogP contribution in [0, 0.1) is 6.54 Å². The fourth-order valence-electron chi connectivity index (χ4n) is 0.962. The van der Waals surface area contributed by atoms with Gasteiger partial charge in [-0.3, -0.25) is 4.90 Å². The van der Waals surface area contributed by atoms with Crippen molar-refractivity contribution in [2.45, 2.75) is 19.9 Å². The summed E-state index contributed by atoms with van der Waals surface area (Å²) in [5.41, 5.74) is 0. The zero-order valence-corrected chi connectivity index (χ0v) is 6.95. The van der Waals surface area contributed by atoms with Gasteiger partial charge in [0.15, 0.2) is 0 Å². The minimum absolute atomic E-state index is 0.700. The van der Waals surface area contributed by atoms with Crippen LogP contribution in [0.2, 0.25) is 0 Å².